The van der Waals surface area contributed by atoms with Crippen molar-refractivity contribution in [2.24, 2.45) is 5.73 Å². The minimum atomic E-state index is 0.589. The number of allylic oxidation sites excluding steroid dienone is 2. The van der Waals surface area contributed by atoms with E-state index in [2.05, 4.69) is 6.58 Å². The summed E-state index contributed by atoms with van der Waals surface area (Å²) in [4.78, 5) is 0. The molecule has 1 rings (SSSR count). The Kier molecular flexibility index (Phi) is 3.03. The molecular formula is C11H12N2. The molecular weight excluding hydrogens is 160 g/mol. The Bertz CT molecular complexity index is 326. The summed E-state index contributed by atoms with van der Waals surface area (Å²) in [7, 11) is 0. The highest BCUT2D eigenvalue weighted by Gasteiger charge is 1.98. The second-order valence-electron chi connectivity index (χ2n) is 2.58. The summed E-state index contributed by atoms with van der Waals surface area (Å²) in [5.41, 5.74) is 7.97. The zero-order valence-electron chi connectivity index (χ0n) is 7.33. The third kappa shape index (κ3) is 2.06. The summed E-state index contributed by atoms with van der Waals surface area (Å²) in [5, 5.41) is 7.11. The highest BCUT2D eigenvalue weighted by atomic mass is 14.6. The molecule has 0 aliphatic rings. The summed E-state index contributed by atoms with van der Waals surface area (Å²) in [5.74, 6) is 0. The van der Waals surface area contributed by atoms with Gasteiger partial charge in [-0.25, -0.2) is 0 Å². The van der Waals surface area contributed by atoms with Crippen LogP contribution in [0.25, 0.3) is 5.70 Å². The van der Waals surface area contributed by atoms with Crippen molar-refractivity contribution in [3.8, 4) is 0 Å². The second-order valence-corrected chi connectivity index (χ2v) is 2.58. The third-order valence-electron chi connectivity index (χ3n) is 1.77. The molecule has 66 valence electrons. The van der Waals surface area contributed by atoms with Crippen molar-refractivity contribution in [3.05, 3.63) is 54.1 Å². The Balaban J connectivity index is 3.15. The van der Waals surface area contributed by atoms with E-state index in [1.165, 1.54) is 6.21 Å². The van der Waals surface area contributed by atoms with E-state index in [0.29, 0.717) is 11.3 Å². The summed E-state index contributed by atoms with van der Waals surface area (Å²) in [6, 6.07) is 9.55. The van der Waals surface area contributed by atoms with Crippen molar-refractivity contribution in [2.75, 3.05) is 0 Å². The van der Waals surface area contributed by atoms with Crippen molar-refractivity contribution < 1.29 is 0 Å². The van der Waals surface area contributed by atoms with Gasteiger partial charge in [-0.1, -0.05) is 43.0 Å². The number of nitrogens with two attached hydrogens (primary N) is 1. The molecule has 0 heterocycles. The van der Waals surface area contributed by atoms with Gasteiger partial charge in [-0.2, -0.15) is 0 Å². The van der Waals surface area contributed by atoms with Crippen LogP contribution in [0.1, 0.15) is 5.56 Å². The fourth-order valence-electron chi connectivity index (χ4n) is 1.03. The molecule has 0 amide bonds. The van der Waals surface area contributed by atoms with E-state index in [-0.39, 0.29) is 0 Å². The molecule has 2 heteroatoms. The zero-order valence-corrected chi connectivity index (χ0v) is 7.33. The Morgan fingerprint density at radius 1 is 1.31 bits per heavy atom. The maximum absolute atomic E-state index is 7.11. The van der Waals surface area contributed by atoms with E-state index >= 15 is 0 Å². The normalized spacial score (nSPS) is 11.7. The van der Waals surface area contributed by atoms with E-state index in [4.69, 9.17) is 11.1 Å². The predicted molar refractivity (Wildman–Crippen MR) is 56.5 cm³/mol. The van der Waals surface area contributed by atoms with Gasteiger partial charge in [0.25, 0.3) is 0 Å². The monoisotopic (exact) mass is 172 g/mol. The van der Waals surface area contributed by atoms with E-state index in [1.807, 2.05) is 30.3 Å². The lowest BCUT2D eigenvalue weighted by atomic mass is 10.1. The zero-order chi connectivity index (χ0) is 9.68. The molecule has 0 aliphatic heterocycles. The van der Waals surface area contributed by atoms with Gasteiger partial charge in [0.15, 0.2) is 0 Å². The maximum atomic E-state index is 7.11. The topological polar surface area (TPSA) is 49.9 Å². The maximum Gasteiger partial charge on any atom is 0.0476 e. The van der Waals surface area contributed by atoms with Crippen LogP contribution in [0.2, 0.25) is 0 Å². The summed E-state index contributed by atoms with van der Waals surface area (Å²) in [6.45, 7) is 3.59. The van der Waals surface area contributed by atoms with Gasteiger partial charge in [0, 0.05) is 17.5 Å². The minimum absolute atomic E-state index is 0.589. The quantitative estimate of drug-likeness (QED) is 0.533. The van der Waals surface area contributed by atoms with Crippen LogP contribution in [0, 0.1) is 5.41 Å². The van der Waals surface area contributed by atoms with E-state index < -0.39 is 0 Å². The van der Waals surface area contributed by atoms with E-state index in [1.54, 1.807) is 6.08 Å². The van der Waals surface area contributed by atoms with Crippen LogP contribution in [0.15, 0.2) is 48.6 Å². The van der Waals surface area contributed by atoms with Gasteiger partial charge in [-0.05, 0) is 5.56 Å². The molecule has 0 aromatic heterocycles. The molecule has 0 fully saturated rings. The summed E-state index contributed by atoms with van der Waals surface area (Å²) >= 11 is 0. The van der Waals surface area contributed by atoms with E-state index in [0.717, 1.165) is 5.56 Å². The van der Waals surface area contributed by atoms with Gasteiger partial charge < -0.3 is 11.1 Å². The lowest BCUT2D eigenvalue weighted by molar-refractivity contribution is 1.48. The fourth-order valence-corrected chi connectivity index (χ4v) is 1.03. The molecule has 0 bridgehead atoms. The standard InChI is InChI=1S/C11H12N2/c1-2-9(8-12)11(13)10-6-4-3-5-7-10/h2-8,12H,1,13H2. The van der Waals surface area contributed by atoms with Gasteiger partial charge in [0.1, 0.15) is 0 Å². The average Bonchev–Trinajstić information content (AvgIpc) is 2.21. The number of hydrogen-bond acceptors (Lipinski definition) is 2. The van der Waals surface area contributed by atoms with Gasteiger partial charge in [0.05, 0.1) is 0 Å². The van der Waals surface area contributed by atoms with Crippen molar-refractivity contribution in [1.82, 2.24) is 0 Å². The molecule has 0 unspecified atom stereocenters. The van der Waals surface area contributed by atoms with Crippen LogP contribution in [-0.4, -0.2) is 6.21 Å². The minimum Gasteiger partial charge on any atom is -0.398 e. The Morgan fingerprint density at radius 3 is 2.38 bits per heavy atom. The van der Waals surface area contributed by atoms with Crippen LogP contribution in [0.5, 0.6) is 0 Å². The predicted octanol–water partition coefficient (Wildman–Crippen LogP) is 2.19. The molecule has 0 aliphatic carbocycles. The molecule has 0 atom stereocenters. The van der Waals surface area contributed by atoms with Crippen LogP contribution >= 0.6 is 0 Å². The lowest BCUT2D eigenvalue weighted by Crippen LogP contribution is -2.00. The van der Waals surface area contributed by atoms with Gasteiger partial charge >= 0.3 is 0 Å². The first-order valence-corrected chi connectivity index (χ1v) is 3.97. The Labute approximate surface area is 77.9 Å². The highest BCUT2D eigenvalue weighted by molar-refractivity contribution is 5.91. The number of hydrogen-bond donors (Lipinski definition) is 2. The molecule has 0 spiro atoms. The van der Waals surface area contributed by atoms with Crippen molar-refractivity contribution in [2.45, 2.75) is 0 Å². The Morgan fingerprint density at radius 2 is 1.92 bits per heavy atom. The molecule has 13 heavy (non-hydrogen) atoms. The Hall–Kier alpha value is -1.83. The van der Waals surface area contributed by atoms with Crippen molar-refractivity contribution in [1.29, 1.82) is 5.41 Å². The molecule has 0 radical (unpaired) electrons. The van der Waals surface area contributed by atoms with Crippen LogP contribution in [-0.2, 0) is 0 Å². The van der Waals surface area contributed by atoms with Crippen LogP contribution in [0.3, 0.4) is 0 Å². The van der Waals surface area contributed by atoms with Crippen LogP contribution in [0.4, 0.5) is 0 Å². The van der Waals surface area contributed by atoms with Gasteiger partial charge in [-0.3, -0.25) is 0 Å². The SMILES string of the molecule is C=CC(C=N)=C(N)c1ccccc1. The van der Waals surface area contributed by atoms with Gasteiger partial charge in [0.2, 0.25) is 0 Å². The molecule has 1 aromatic rings. The number of benzene rings is 1. The number of nitrogens with one attached hydrogen (secondary N) is 1. The fraction of sp³-hybridized carbons (Fsp3) is 0. The average molecular weight is 172 g/mol. The molecule has 1 aromatic carbocycles. The first-order valence-electron chi connectivity index (χ1n) is 3.97. The highest BCUT2D eigenvalue weighted by Crippen LogP contribution is 2.11. The molecule has 0 saturated heterocycles. The molecule has 3 N–H and O–H groups in total. The third-order valence-corrected chi connectivity index (χ3v) is 1.77. The smallest absolute Gasteiger partial charge is 0.0476 e. The molecule has 2 nitrogen and oxygen atoms in total. The first-order chi connectivity index (χ1) is 6.29. The lowest BCUT2D eigenvalue weighted by Gasteiger charge is -2.03. The first kappa shape index (κ1) is 9.26. The summed E-state index contributed by atoms with van der Waals surface area (Å²) < 4.78 is 0. The van der Waals surface area contributed by atoms with Gasteiger partial charge in [-0.15, -0.1) is 0 Å². The van der Waals surface area contributed by atoms with E-state index in [9.17, 15) is 0 Å². The van der Waals surface area contributed by atoms with Crippen molar-refractivity contribution in [3.63, 3.8) is 0 Å². The largest absolute Gasteiger partial charge is 0.398 e. The summed E-state index contributed by atoms with van der Waals surface area (Å²) in [6.07, 6.45) is 2.78. The second kappa shape index (κ2) is 4.26. The number of rotatable bonds is 3. The van der Waals surface area contributed by atoms with Crippen LogP contribution < -0.4 is 5.73 Å². The molecule has 0 saturated carbocycles. The van der Waals surface area contributed by atoms with Crippen molar-refractivity contribution >= 4 is 11.9 Å².